The molecule has 2 atom stereocenters. The molecule has 2 aromatic carbocycles. The van der Waals surface area contributed by atoms with Crippen LogP contribution in [0.4, 0.5) is 0 Å². The van der Waals surface area contributed by atoms with Crippen LogP contribution in [0.2, 0.25) is 0 Å². The Kier molecular flexibility index (Phi) is 4.99. The van der Waals surface area contributed by atoms with E-state index < -0.39 is 6.10 Å². The molecule has 0 spiro atoms. The van der Waals surface area contributed by atoms with E-state index in [0.29, 0.717) is 5.75 Å². The molecule has 0 aliphatic carbocycles. The first-order valence-corrected chi connectivity index (χ1v) is 7.15. The van der Waals surface area contributed by atoms with Crippen molar-refractivity contribution in [1.82, 2.24) is 5.32 Å². The van der Waals surface area contributed by atoms with E-state index in [1.807, 2.05) is 68.4 Å². The summed E-state index contributed by atoms with van der Waals surface area (Å²) in [4.78, 5) is 12.2. The van der Waals surface area contributed by atoms with Crippen molar-refractivity contribution in [2.24, 2.45) is 0 Å². The molecule has 21 heavy (non-hydrogen) atoms. The van der Waals surface area contributed by atoms with Gasteiger partial charge in [-0.25, -0.2) is 0 Å². The van der Waals surface area contributed by atoms with Gasteiger partial charge in [-0.15, -0.1) is 0 Å². The van der Waals surface area contributed by atoms with Crippen LogP contribution in [0.25, 0.3) is 0 Å². The van der Waals surface area contributed by atoms with Gasteiger partial charge < -0.3 is 10.1 Å². The molecule has 2 rings (SSSR count). The van der Waals surface area contributed by atoms with Crippen molar-refractivity contribution in [1.29, 1.82) is 0 Å². The minimum absolute atomic E-state index is 0.0417. The summed E-state index contributed by atoms with van der Waals surface area (Å²) in [5.74, 6) is 0.579. The fraction of sp³-hybridized carbons (Fsp3) is 0.278. The monoisotopic (exact) mass is 283 g/mol. The van der Waals surface area contributed by atoms with Gasteiger partial charge in [0.15, 0.2) is 6.10 Å². The molecule has 3 nitrogen and oxygen atoms in total. The normalized spacial score (nSPS) is 13.3. The van der Waals surface area contributed by atoms with Gasteiger partial charge in [0.1, 0.15) is 5.75 Å². The third-order valence-electron chi connectivity index (χ3n) is 3.36. The summed E-state index contributed by atoms with van der Waals surface area (Å²) in [5.41, 5.74) is 2.29. The van der Waals surface area contributed by atoms with E-state index in [2.05, 4.69) is 5.32 Å². The predicted octanol–water partition coefficient (Wildman–Crippen LogP) is 3.64. The number of hydrogen-bond donors (Lipinski definition) is 1. The molecule has 1 N–H and O–H groups in total. The fourth-order valence-corrected chi connectivity index (χ4v) is 2.03. The van der Waals surface area contributed by atoms with Crippen molar-refractivity contribution in [2.75, 3.05) is 0 Å². The minimum Gasteiger partial charge on any atom is -0.481 e. The Bertz CT molecular complexity index is 578. The zero-order chi connectivity index (χ0) is 15.2. The summed E-state index contributed by atoms with van der Waals surface area (Å²) < 4.78 is 5.62. The Labute approximate surface area is 126 Å². The fourth-order valence-electron chi connectivity index (χ4n) is 2.03. The predicted molar refractivity (Wildman–Crippen MR) is 84.3 cm³/mol. The van der Waals surface area contributed by atoms with Gasteiger partial charge in [-0.05, 0) is 38.5 Å². The van der Waals surface area contributed by atoms with Crippen LogP contribution in [-0.2, 0) is 4.79 Å². The lowest BCUT2D eigenvalue weighted by atomic mass is 10.1. The number of carbonyl (C=O) groups is 1. The van der Waals surface area contributed by atoms with Crippen LogP contribution < -0.4 is 10.1 Å². The number of hydrogen-bond acceptors (Lipinski definition) is 2. The van der Waals surface area contributed by atoms with E-state index in [-0.39, 0.29) is 11.9 Å². The summed E-state index contributed by atoms with van der Waals surface area (Å²) in [6, 6.07) is 17.5. The molecule has 110 valence electrons. The highest BCUT2D eigenvalue weighted by atomic mass is 16.5. The summed E-state index contributed by atoms with van der Waals surface area (Å²) in [6.07, 6.45) is -0.528. The van der Waals surface area contributed by atoms with Crippen LogP contribution in [0.5, 0.6) is 5.75 Å². The average Bonchev–Trinajstić information content (AvgIpc) is 2.48. The molecular formula is C18H21NO2. The van der Waals surface area contributed by atoms with Crippen LogP contribution in [0.3, 0.4) is 0 Å². The molecule has 0 aliphatic rings. The molecular weight excluding hydrogens is 262 g/mol. The molecule has 0 bridgehead atoms. The molecule has 0 aliphatic heterocycles. The van der Waals surface area contributed by atoms with E-state index in [1.165, 1.54) is 5.56 Å². The smallest absolute Gasteiger partial charge is 0.261 e. The van der Waals surface area contributed by atoms with Crippen molar-refractivity contribution < 1.29 is 9.53 Å². The maximum atomic E-state index is 12.2. The summed E-state index contributed by atoms with van der Waals surface area (Å²) in [5, 5.41) is 2.97. The molecule has 0 fully saturated rings. The van der Waals surface area contributed by atoms with Crippen LogP contribution in [0.15, 0.2) is 54.6 Å². The maximum absolute atomic E-state index is 12.2. The third-order valence-corrected chi connectivity index (χ3v) is 3.36. The molecule has 0 heterocycles. The zero-order valence-corrected chi connectivity index (χ0v) is 12.7. The standard InChI is InChI=1S/C18H21NO2/c1-13-9-11-16(12-10-13)14(2)19-18(20)15(3)21-17-7-5-4-6-8-17/h4-12,14-15H,1-3H3,(H,19,20)/t14-,15+/m1/s1. The van der Waals surface area contributed by atoms with Gasteiger partial charge in [-0.3, -0.25) is 4.79 Å². The Morgan fingerprint density at radius 1 is 1.00 bits per heavy atom. The highest BCUT2D eigenvalue weighted by Crippen LogP contribution is 2.15. The molecule has 0 radical (unpaired) electrons. The van der Waals surface area contributed by atoms with Crippen molar-refractivity contribution in [2.45, 2.75) is 32.9 Å². The molecule has 3 heteroatoms. The van der Waals surface area contributed by atoms with Crippen LogP contribution in [0.1, 0.15) is 31.0 Å². The van der Waals surface area contributed by atoms with Gasteiger partial charge in [0, 0.05) is 0 Å². The molecule has 2 aromatic rings. The molecule has 1 amide bonds. The topological polar surface area (TPSA) is 38.3 Å². The van der Waals surface area contributed by atoms with E-state index in [9.17, 15) is 4.79 Å². The number of amides is 1. The summed E-state index contributed by atoms with van der Waals surface area (Å²) >= 11 is 0. The number of nitrogens with one attached hydrogen (secondary N) is 1. The second kappa shape index (κ2) is 6.93. The van der Waals surface area contributed by atoms with Crippen molar-refractivity contribution in [3.63, 3.8) is 0 Å². The number of aryl methyl sites for hydroxylation is 1. The van der Waals surface area contributed by atoms with E-state index in [0.717, 1.165) is 5.56 Å². The summed E-state index contributed by atoms with van der Waals surface area (Å²) in [6.45, 7) is 5.77. The van der Waals surface area contributed by atoms with Gasteiger partial charge in [0.25, 0.3) is 5.91 Å². The van der Waals surface area contributed by atoms with Gasteiger partial charge >= 0.3 is 0 Å². The minimum atomic E-state index is -0.528. The first-order chi connectivity index (χ1) is 10.1. The lowest BCUT2D eigenvalue weighted by Gasteiger charge is -2.19. The Morgan fingerprint density at radius 2 is 1.62 bits per heavy atom. The number of rotatable bonds is 5. The Balaban J connectivity index is 1.92. The van der Waals surface area contributed by atoms with Crippen LogP contribution >= 0.6 is 0 Å². The average molecular weight is 283 g/mol. The Hall–Kier alpha value is -2.29. The lowest BCUT2D eigenvalue weighted by molar-refractivity contribution is -0.127. The van der Waals surface area contributed by atoms with E-state index in [1.54, 1.807) is 6.92 Å². The van der Waals surface area contributed by atoms with Crippen molar-refractivity contribution >= 4 is 5.91 Å². The largest absolute Gasteiger partial charge is 0.481 e. The molecule has 0 saturated heterocycles. The van der Waals surface area contributed by atoms with Gasteiger partial charge in [0.05, 0.1) is 6.04 Å². The maximum Gasteiger partial charge on any atom is 0.261 e. The highest BCUT2D eigenvalue weighted by molar-refractivity contribution is 5.81. The number of benzene rings is 2. The Morgan fingerprint density at radius 3 is 2.24 bits per heavy atom. The van der Waals surface area contributed by atoms with E-state index in [4.69, 9.17) is 4.74 Å². The van der Waals surface area contributed by atoms with Crippen LogP contribution in [0, 0.1) is 6.92 Å². The second-order valence-corrected chi connectivity index (χ2v) is 5.21. The number of para-hydroxylation sites is 1. The molecule has 0 aromatic heterocycles. The third kappa shape index (κ3) is 4.35. The van der Waals surface area contributed by atoms with Crippen LogP contribution in [-0.4, -0.2) is 12.0 Å². The van der Waals surface area contributed by atoms with Crippen molar-refractivity contribution in [3.8, 4) is 5.75 Å². The highest BCUT2D eigenvalue weighted by Gasteiger charge is 2.17. The quantitative estimate of drug-likeness (QED) is 0.909. The number of ether oxygens (including phenoxy) is 1. The first kappa shape index (κ1) is 15.1. The molecule has 0 unspecified atom stereocenters. The molecule has 0 saturated carbocycles. The second-order valence-electron chi connectivity index (χ2n) is 5.21. The zero-order valence-electron chi connectivity index (χ0n) is 12.7. The van der Waals surface area contributed by atoms with E-state index >= 15 is 0 Å². The van der Waals surface area contributed by atoms with Gasteiger partial charge in [-0.1, -0.05) is 48.0 Å². The van der Waals surface area contributed by atoms with Gasteiger partial charge in [-0.2, -0.15) is 0 Å². The van der Waals surface area contributed by atoms with Gasteiger partial charge in [0.2, 0.25) is 0 Å². The number of carbonyl (C=O) groups excluding carboxylic acids is 1. The first-order valence-electron chi connectivity index (χ1n) is 7.15. The lowest BCUT2D eigenvalue weighted by Crippen LogP contribution is -2.37. The van der Waals surface area contributed by atoms with Crippen molar-refractivity contribution in [3.05, 3.63) is 65.7 Å². The summed E-state index contributed by atoms with van der Waals surface area (Å²) in [7, 11) is 0. The SMILES string of the molecule is Cc1ccc([C@@H](C)NC(=O)[C@H](C)Oc2ccccc2)cc1.